The zero-order valence-electron chi connectivity index (χ0n) is 13.7. The molecule has 2 aromatic rings. The Bertz CT molecular complexity index is 695. The first-order chi connectivity index (χ1) is 11.6. The summed E-state index contributed by atoms with van der Waals surface area (Å²) in [7, 11) is 0. The number of H-pyrrole nitrogens is 1. The maximum Gasteiger partial charge on any atom is 0.324 e. The van der Waals surface area contributed by atoms with Crippen LogP contribution < -0.4 is 15.4 Å². The Labute approximate surface area is 140 Å². The van der Waals surface area contributed by atoms with Crippen molar-refractivity contribution < 1.29 is 14.3 Å². The highest BCUT2D eigenvalue weighted by Crippen LogP contribution is 2.22. The maximum atomic E-state index is 12.2. The number of nitrogens with one attached hydrogen (secondary N) is 3. The van der Waals surface area contributed by atoms with E-state index in [1.165, 1.54) is 0 Å². The first-order valence-electron chi connectivity index (χ1n) is 7.93. The van der Waals surface area contributed by atoms with E-state index in [0.29, 0.717) is 30.6 Å². The molecule has 24 heavy (non-hydrogen) atoms. The molecule has 0 spiro atoms. The van der Waals surface area contributed by atoms with Crippen molar-refractivity contribution in [2.75, 3.05) is 23.8 Å². The number of pyridine rings is 1. The van der Waals surface area contributed by atoms with Crippen LogP contribution in [-0.2, 0) is 4.74 Å². The molecule has 2 amide bonds. The molecule has 0 saturated carbocycles. The fourth-order valence-electron chi connectivity index (χ4n) is 2.44. The van der Waals surface area contributed by atoms with Crippen LogP contribution in [0.2, 0.25) is 0 Å². The largest absolute Gasteiger partial charge is 0.472 e. The summed E-state index contributed by atoms with van der Waals surface area (Å²) >= 11 is 0. The Balaban J connectivity index is 1.60. The third-order valence-corrected chi connectivity index (χ3v) is 3.70. The van der Waals surface area contributed by atoms with Crippen molar-refractivity contribution >= 4 is 17.5 Å². The summed E-state index contributed by atoms with van der Waals surface area (Å²) in [5.74, 6) is 1.32. The van der Waals surface area contributed by atoms with Crippen molar-refractivity contribution in [1.82, 2.24) is 15.2 Å². The summed E-state index contributed by atoms with van der Waals surface area (Å²) in [6.45, 7) is 5.34. The molecular weight excluding hydrogens is 310 g/mol. The van der Waals surface area contributed by atoms with Crippen LogP contribution >= 0.6 is 0 Å². The molecule has 1 fully saturated rings. The van der Waals surface area contributed by atoms with Gasteiger partial charge in [-0.05, 0) is 12.0 Å². The fraction of sp³-hybridized carbons (Fsp3) is 0.438. The second-order valence-corrected chi connectivity index (χ2v) is 5.92. The van der Waals surface area contributed by atoms with E-state index >= 15 is 0 Å². The zero-order chi connectivity index (χ0) is 16.9. The monoisotopic (exact) mass is 331 g/mol. The van der Waals surface area contributed by atoms with Crippen LogP contribution in [0.4, 0.5) is 16.3 Å². The average molecular weight is 331 g/mol. The predicted molar refractivity (Wildman–Crippen MR) is 89.4 cm³/mol. The van der Waals surface area contributed by atoms with Gasteiger partial charge in [-0.15, -0.1) is 0 Å². The molecule has 3 heterocycles. The highest BCUT2D eigenvalue weighted by atomic mass is 16.5. The van der Waals surface area contributed by atoms with Gasteiger partial charge in [0.25, 0.3) is 0 Å². The maximum absolute atomic E-state index is 12.2. The molecule has 2 aromatic heterocycles. The second kappa shape index (κ2) is 7.31. The van der Waals surface area contributed by atoms with Gasteiger partial charge in [0.2, 0.25) is 5.88 Å². The minimum Gasteiger partial charge on any atom is -0.472 e. The molecule has 128 valence electrons. The summed E-state index contributed by atoms with van der Waals surface area (Å²) in [5, 5.41) is 12.3. The van der Waals surface area contributed by atoms with Gasteiger partial charge < -0.3 is 14.8 Å². The number of aromatic nitrogens is 3. The Morgan fingerprint density at radius 1 is 1.46 bits per heavy atom. The van der Waals surface area contributed by atoms with Crippen molar-refractivity contribution in [2.45, 2.75) is 32.3 Å². The predicted octanol–water partition coefficient (Wildman–Crippen LogP) is 2.74. The van der Waals surface area contributed by atoms with Crippen LogP contribution in [0.15, 0.2) is 24.5 Å². The summed E-state index contributed by atoms with van der Waals surface area (Å²) in [6, 6.07) is 3.03. The smallest absolute Gasteiger partial charge is 0.324 e. The number of hydrogen-bond donors (Lipinski definition) is 3. The fourth-order valence-corrected chi connectivity index (χ4v) is 2.44. The van der Waals surface area contributed by atoms with E-state index in [0.717, 1.165) is 12.0 Å². The van der Waals surface area contributed by atoms with Crippen LogP contribution in [-0.4, -0.2) is 40.5 Å². The molecule has 1 aliphatic rings. The molecule has 0 bridgehead atoms. The topological polar surface area (TPSA) is 101 Å². The molecule has 8 heteroatoms. The molecule has 0 aromatic carbocycles. The quantitative estimate of drug-likeness (QED) is 0.782. The van der Waals surface area contributed by atoms with Gasteiger partial charge in [0.05, 0.1) is 19.4 Å². The van der Waals surface area contributed by atoms with Crippen LogP contribution in [0, 0.1) is 0 Å². The molecule has 1 saturated heterocycles. The number of amides is 2. The summed E-state index contributed by atoms with van der Waals surface area (Å²) in [6.07, 6.45) is 4.16. The Hall–Kier alpha value is -2.61. The minimum absolute atomic E-state index is 0.0140. The molecule has 8 nitrogen and oxygen atoms in total. The Kier molecular flexibility index (Phi) is 4.95. The highest BCUT2D eigenvalue weighted by molar-refractivity contribution is 5.99. The number of anilines is 2. The van der Waals surface area contributed by atoms with E-state index in [4.69, 9.17) is 9.47 Å². The molecule has 3 rings (SSSR count). The van der Waals surface area contributed by atoms with E-state index in [-0.39, 0.29) is 18.1 Å². The Morgan fingerprint density at radius 2 is 2.33 bits per heavy atom. The first-order valence-corrected chi connectivity index (χ1v) is 7.93. The molecule has 3 N–H and O–H groups in total. The lowest BCUT2D eigenvalue weighted by atomic mass is 10.1. The van der Waals surface area contributed by atoms with Crippen LogP contribution in [0.1, 0.15) is 31.7 Å². The lowest BCUT2D eigenvalue weighted by molar-refractivity contribution is 0.138. The summed E-state index contributed by atoms with van der Waals surface area (Å²) < 4.78 is 11.0. The van der Waals surface area contributed by atoms with Crippen molar-refractivity contribution in [3.8, 4) is 5.88 Å². The highest BCUT2D eigenvalue weighted by Gasteiger charge is 2.18. The van der Waals surface area contributed by atoms with E-state index in [9.17, 15) is 4.79 Å². The minimum atomic E-state index is -0.359. The third kappa shape index (κ3) is 4.02. The molecule has 1 unspecified atom stereocenters. The number of nitrogens with zero attached hydrogens (tertiary/aromatic N) is 2. The zero-order valence-corrected chi connectivity index (χ0v) is 13.7. The number of hydrogen-bond acceptors (Lipinski definition) is 5. The molecular formula is C16H21N5O3. The van der Waals surface area contributed by atoms with Crippen LogP contribution in [0.5, 0.6) is 5.88 Å². The van der Waals surface area contributed by atoms with E-state index in [1.54, 1.807) is 24.5 Å². The summed E-state index contributed by atoms with van der Waals surface area (Å²) in [5.41, 5.74) is 1.55. The number of aromatic amines is 1. The number of carbonyl (C=O) groups excluding carboxylic acids is 1. The molecule has 0 aliphatic carbocycles. The van der Waals surface area contributed by atoms with E-state index in [1.807, 2.05) is 13.8 Å². The lowest BCUT2D eigenvalue weighted by Gasteiger charge is -2.12. The van der Waals surface area contributed by atoms with Crippen LogP contribution in [0.25, 0.3) is 0 Å². The third-order valence-electron chi connectivity index (χ3n) is 3.70. The average Bonchev–Trinajstić information content (AvgIpc) is 3.19. The number of urea groups is 1. The second-order valence-electron chi connectivity index (χ2n) is 5.92. The van der Waals surface area contributed by atoms with Gasteiger partial charge >= 0.3 is 6.03 Å². The van der Waals surface area contributed by atoms with Gasteiger partial charge in [-0.1, -0.05) is 13.8 Å². The van der Waals surface area contributed by atoms with Gasteiger partial charge in [0.15, 0.2) is 0 Å². The van der Waals surface area contributed by atoms with Gasteiger partial charge in [0.1, 0.15) is 11.9 Å². The first kappa shape index (κ1) is 16.3. The number of carbonyl (C=O) groups is 1. The van der Waals surface area contributed by atoms with Crippen molar-refractivity contribution in [3.63, 3.8) is 0 Å². The van der Waals surface area contributed by atoms with E-state index in [2.05, 4.69) is 25.8 Å². The van der Waals surface area contributed by atoms with Crippen molar-refractivity contribution in [1.29, 1.82) is 0 Å². The SMILES string of the molecule is CC(C)c1cn[nH]c1NC(=O)Nc1ccnc(OC2CCOC2)c1. The molecule has 1 aliphatic heterocycles. The van der Waals surface area contributed by atoms with Crippen molar-refractivity contribution in [2.24, 2.45) is 0 Å². The lowest BCUT2D eigenvalue weighted by Crippen LogP contribution is -2.21. The summed E-state index contributed by atoms with van der Waals surface area (Å²) in [4.78, 5) is 16.3. The van der Waals surface area contributed by atoms with Gasteiger partial charge in [-0.2, -0.15) is 5.10 Å². The molecule has 0 radical (unpaired) electrons. The number of rotatable bonds is 5. The van der Waals surface area contributed by atoms with Gasteiger partial charge in [0, 0.05) is 29.9 Å². The van der Waals surface area contributed by atoms with Crippen molar-refractivity contribution in [3.05, 3.63) is 30.1 Å². The molecule has 1 atom stereocenters. The van der Waals surface area contributed by atoms with E-state index < -0.39 is 0 Å². The van der Waals surface area contributed by atoms with Crippen LogP contribution in [0.3, 0.4) is 0 Å². The van der Waals surface area contributed by atoms with Gasteiger partial charge in [-0.3, -0.25) is 10.4 Å². The Morgan fingerprint density at radius 3 is 3.08 bits per heavy atom. The standard InChI is InChI=1S/C16H21N5O3/c1-10(2)13-8-18-21-15(13)20-16(22)19-11-3-5-17-14(7-11)24-12-4-6-23-9-12/h3,5,7-8,10,12H,4,6,9H2,1-2H3,(H3,17,18,19,20,21,22). The van der Waals surface area contributed by atoms with Gasteiger partial charge in [-0.25, -0.2) is 9.78 Å². The normalized spacial score (nSPS) is 17.0. The number of ether oxygens (including phenoxy) is 2.